The fourth-order valence-electron chi connectivity index (χ4n) is 4.42. The zero-order valence-corrected chi connectivity index (χ0v) is 24.6. The summed E-state index contributed by atoms with van der Waals surface area (Å²) in [5, 5.41) is 3.88. The van der Waals surface area contributed by atoms with E-state index in [1.165, 1.54) is 25.5 Å². The van der Waals surface area contributed by atoms with E-state index >= 15 is 0 Å². The molecule has 0 radical (unpaired) electrons. The monoisotopic (exact) mass is 555 g/mol. The van der Waals surface area contributed by atoms with Crippen molar-refractivity contribution < 1.29 is 28.5 Å². The molecule has 1 N–H and O–H groups in total. The maximum Gasteiger partial charge on any atom is 0.289 e. The van der Waals surface area contributed by atoms with E-state index < -0.39 is 25.9 Å². The lowest BCUT2D eigenvalue weighted by atomic mass is 10.2. The fourth-order valence-corrected chi connectivity index (χ4v) is 5.91. The third-order valence-corrected chi connectivity index (χ3v) is 11.0. The molecule has 2 aliphatic rings. The van der Waals surface area contributed by atoms with Gasteiger partial charge in [-0.2, -0.15) is 9.97 Å². The van der Waals surface area contributed by atoms with E-state index in [0.717, 1.165) is 25.6 Å². The summed E-state index contributed by atoms with van der Waals surface area (Å²) < 4.78 is 22.3. The summed E-state index contributed by atoms with van der Waals surface area (Å²) in [4.78, 5) is 39.0. The maximum atomic E-state index is 13.1. The molecule has 1 aromatic heterocycles. The van der Waals surface area contributed by atoms with Gasteiger partial charge in [-0.25, -0.2) is 0 Å². The number of hydrogen-bond acceptors (Lipinski definition) is 10. The van der Waals surface area contributed by atoms with Crippen LogP contribution in [0.1, 0.15) is 13.3 Å². The van der Waals surface area contributed by atoms with Crippen molar-refractivity contribution >= 4 is 36.6 Å². The lowest BCUT2D eigenvalue weighted by Crippen LogP contribution is -2.40. The Bertz CT molecular complexity index is 1240. The van der Waals surface area contributed by atoms with E-state index in [9.17, 15) is 9.59 Å². The van der Waals surface area contributed by atoms with E-state index in [2.05, 4.69) is 46.3 Å². The summed E-state index contributed by atoms with van der Waals surface area (Å²) >= 11 is 0. The van der Waals surface area contributed by atoms with Gasteiger partial charge >= 0.3 is 0 Å². The first kappa shape index (κ1) is 28.4. The van der Waals surface area contributed by atoms with Gasteiger partial charge in [-0.3, -0.25) is 9.59 Å². The number of amides is 1. The summed E-state index contributed by atoms with van der Waals surface area (Å²) in [5.74, 6) is -0.0706. The molecule has 0 spiro atoms. The molecule has 1 aromatic carbocycles. The molecule has 11 nitrogen and oxygen atoms in total. The van der Waals surface area contributed by atoms with Crippen molar-refractivity contribution in [2.24, 2.45) is 0 Å². The Morgan fingerprint density at radius 3 is 2.49 bits per heavy atom. The Hall–Kier alpha value is -3.64. The van der Waals surface area contributed by atoms with Gasteiger partial charge in [0.2, 0.25) is 29.6 Å². The summed E-state index contributed by atoms with van der Waals surface area (Å²) in [6.45, 7) is 8.28. The number of carbonyl (C=O) groups is 2. The minimum absolute atomic E-state index is 0.0386. The molecular weight excluding hydrogens is 518 g/mol. The average Bonchev–Trinajstić information content (AvgIpc) is 3.56. The van der Waals surface area contributed by atoms with Gasteiger partial charge in [0.15, 0.2) is 5.69 Å². The Balaban J connectivity index is 1.47. The highest BCUT2D eigenvalue weighted by atomic mass is 28.3. The SMILES string of the molecule is CC[Si](C)(C)c1cccc(OC2=CC(=O)C(C(=O)Nc3c(OC)nc(N4CCC(N(C)C)C4)nc3OC)O2)c1. The second-order valence-electron chi connectivity index (χ2n) is 10.5. The number of ketones is 1. The molecule has 0 saturated carbocycles. The molecule has 0 bridgehead atoms. The molecule has 2 aliphatic heterocycles. The van der Waals surface area contributed by atoms with Gasteiger partial charge < -0.3 is 34.1 Å². The molecule has 39 heavy (non-hydrogen) atoms. The van der Waals surface area contributed by atoms with Crippen LogP contribution in [-0.4, -0.2) is 88.2 Å². The zero-order chi connectivity index (χ0) is 28.3. The molecule has 0 aliphatic carbocycles. The van der Waals surface area contributed by atoms with Crippen LogP contribution in [0.4, 0.5) is 11.6 Å². The molecule has 4 rings (SSSR count). The number of hydrogen-bond donors (Lipinski definition) is 1. The van der Waals surface area contributed by atoms with Crippen LogP contribution in [0.5, 0.6) is 17.5 Å². The van der Waals surface area contributed by atoms with Gasteiger partial charge in [-0.05, 0) is 32.6 Å². The second kappa shape index (κ2) is 11.6. The summed E-state index contributed by atoms with van der Waals surface area (Å²) in [6.07, 6.45) is 0.723. The zero-order valence-electron chi connectivity index (χ0n) is 23.6. The largest absolute Gasteiger partial charge is 0.479 e. The fraction of sp³-hybridized carbons (Fsp3) is 0.481. The van der Waals surface area contributed by atoms with E-state index in [0.29, 0.717) is 17.7 Å². The van der Waals surface area contributed by atoms with E-state index in [-0.39, 0.29) is 23.4 Å². The van der Waals surface area contributed by atoms with Crippen LogP contribution in [0.25, 0.3) is 0 Å². The number of likely N-dealkylation sites (N-methyl/N-ethyl adjacent to an activating group) is 1. The summed E-state index contributed by atoms with van der Waals surface area (Å²) in [5.41, 5.74) is 0.113. The predicted molar refractivity (Wildman–Crippen MR) is 151 cm³/mol. The first-order chi connectivity index (χ1) is 18.6. The van der Waals surface area contributed by atoms with E-state index in [1.807, 2.05) is 31.1 Å². The molecule has 210 valence electrons. The number of nitrogens with zero attached hydrogens (tertiary/aromatic N) is 4. The number of anilines is 2. The van der Waals surface area contributed by atoms with E-state index in [1.54, 1.807) is 6.07 Å². The van der Waals surface area contributed by atoms with Crippen LogP contribution in [0, 0.1) is 0 Å². The van der Waals surface area contributed by atoms with Crippen molar-refractivity contribution in [1.82, 2.24) is 14.9 Å². The quantitative estimate of drug-likeness (QED) is 0.346. The first-order valence-corrected chi connectivity index (χ1v) is 16.2. The van der Waals surface area contributed by atoms with Crippen LogP contribution in [0.15, 0.2) is 36.3 Å². The van der Waals surface area contributed by atoms with E-state index in [4.69, 9.17) is 18.9 Å². The molecule has 1 amide bonds. The van der Waals surface area contributed by atoms with Gasteiger partial charge in [0.05, 0.1) is 28.4 Å². The van der Waals surface area contributed by atoms with Crippen molar-refractivity contribution in [2.75, 3.05) is 51.6 Å². The van der Waals surface area contributed by atoms with Crippen molar-refractivity contribution in [2.45, 2.75) is 44.6 Å². The molecule has 2 aromatic rings. The highest BCUT2D eigenvalue weighted by molar-refractivity contribution is 6.89. The van der Waals surface area contributed by atoms with Crippen LogP contribution in [0.2, 0.25) is 19.1 Å². The molecule has 2 unspecified atom stereocenters. The molecule has 1 fully saturated rings. The topological polar surface area (TPSA) is 115 Å². The van der Waals surface area contributed by atoms with Crippen molar-refractivity contribution in [3.8, 4) is 17.5 Å². The van der Waals surface area contributed by atoms with Crippen molar-refractivity contribution in [3.63, 3.8) is 0 Å². The van der Waals surface area contributed by atoms with Gasteiger partial charge in [0.1, 0.15) is 5.75 Å². The predicted octanol–water partition coefficient (Wildman–Crippen LogP) is 2.40. The normalized spacial score (nSPS) is 19.1. The number of nitrogens with one attached hydrogen (secondary N) is 1. The third-order valence-electron chi connectivity index (χ3n) is 7.35. The second-order valence-corrected chi connectivity index (χ2v) is 15.5. The van der Waals surface area contributed by atoms with Gasteiger partial charge in [-0.15, -0.1) is 0 Å². The number of carbonyl (C=O) groups excluding carboxylic acids is 2. The Kier molecular flexibility index (Phi) is 8.45. The van der Waals surface area contributed by atoms with Gasteiger partial charge in [0, 0.05) is 19.1 Å². The minimum Gasteiger partial charge on any atom is -0.479 e. The Morgan fingerprint density at radius 1 is 1.21 bits per heavy atom. The first-order valence-electron chi connectivity index (χ1n) is 13.0. The Labute approximate surface area is 230 Å². The lowest BCUT2D eigenvalue weighted by molar-refractivity contribution is -0.134. The lowest BCUT2D eigenvalue weighted by Gasteiger charge is -2.22. The number of rotatable bonds is 10. The highest BCUT2D eigenvalue weighted by Gasteiger charge is 2.37. The van der Waals surface area contributed by atoms with Gasteiger partial charge in [0.25, 0.3) is 11.9 Å². The standard InChI is InChI=1S/C27H37N5O6Si/c1-8-39(6,7)19-11-9-10-18(14-19)37-21-15-20(33)23(38-21)24(34)28-22-25(35-4)29-27(30-26(22)36-5)32-13-12-17(16-32)31(2)3/h9-11,14-15,17,23H,8,12-13,16H2,1-7H3,(H,28,34). The molecule has 3 heterocycles. The number of aromatic nitrogens is 2. The van der Waals surface area contributed by atoms with Crippen molar-refractivity contribution in [1.29, 1.82) is 0 Å². The number of benzene rings is 1. The highest BCUT2D eigenvalue weighted by Crippen LogP contribution is 2.35. The number of methoxy groups -OCH3 is 2. The smallest absolute Gasteiger partial charge is 0.289 e. The molecular formula is C27H37N5O6Si. The maximum absolute atomic E-state index is 13.1. The minimum atomic E-state index is -1.58. The van der Waals surface area contributed by atoms with Crippen LogP contribution >= 0.6 is 0 Å². The molecule has 12 heteroatoms. The molecule has 1 saturated heterocycles. The van der Waals surface area contributed by atoms with Crippen LogP contribution < -0.4 is 29.6 Å². The van der Waals surface area contributed by atoms with Crippen LogP contribution in [0.3, 0.4) is 0 Å². The average molecular weight is 556 g/mol. The van der Waals surface area contributed by atoms with Gasteiger partial charge in [-0.1, -0.05) is 43.4 Å². The van der Waals surface area contributed by atoms with Crippen molar-refractivity contribution in [3.05, 3.63) is 36.3 Å². The Morgan fingerprint density at radius 2 is 1.90 bits per heavy atom. The summed E-state index contributed by atoms with van der Waals surface area (Å²) in [7, 11) is 5.38. The molecule has 2 atom stereocenters. The summed E-state index contributed by atoms with van der Waals surface area (Å²) in [6, 6.07) is 9.23. The third kappa shape index (κ3) is 6.17. The number of ether oxygens (including phenoxy) is 4. The van der Waals surface area contributed by atoms with Crippen LogP contribution in [-0.2, 0) is 14.3 Å².